The summed E-state index contributed by atoms with van der Waals surface area (Å²) in [4.78, 5) is 28.7. The van der Waals surface area contributed by atoms with Crippen LogP contribution >= 0.6 is 0 Å². The molecule has 1 aliphatic heterocycles. The SMILES string of the molecule is C[N+]1(C(N)=O)C(=O)[CH]N=C(c2ccccc2)c2ccccc21. The molecule has 0 spiro atoms. The number of likely N-dealkylation sites (N-methyl/N-ethyl adjacent to an activating group) is 1. The van der Waals surface area contributed by atoms with Gasteiger partial charge < -0.3 is 5.73 Å². The van der Waals surface area contributed by atoms with Crippen LogP contribution in [-0.4, -0.2) is 24.7 Å². The predicted molar refractivity (Wildman–Crippen MR) is 85.1 cm³/mol. The molecule has 3 rings (SSSR count). The van der Waals surface area contributed by atoms with Gasteiger partial charge in [0.15, 0.2) is 5.69 Å². The van der Waals surface area contributed by atoms with E-state index in [1.807, 2.05) is 42.5 Å². The number of nitrogens with zero attached hydrogens (tertiary/aromatic N) is 2. The molecule has 0 fully saturated rings. The number of primary amides is 1. The second kappa shape index (κ2) is 5.20. The Bertz CT molecular complexity index is 784. The maximum Gasteiger partial charge on any atom is 0.426 e. The molecule has 2 aromatic rings. The van der Waals surface area contributed by atoms with Gasteiger partial charge in [-0.25, -0.2) is 9.59 Å². The zero-order valence-corrected chi connectivity index (χ0v) is 12.1. The van der Waals surface area contributed by atoms with Crippen LogP contribution in [0.2, 0.25) is 0 Å². The Kier molecular flexibility index (Phi) is 3.35. The van der Waals surface area contributed by atoms with Gasteiger partial charge in [0.2, 0.25) is 6.54 Å². The van der Waals surface area contributed by atoms with Gasteiger partial charge in [0, 0.05) is 11.6 Å². The molecule has 5 nitrogen and oxygen atoms in total. The number of carbonyl (C=O) groups excluding carboxylic acids is 2. The van der Waals surface area contributed by atoms with Gasteiger partial charge in [-0.2, -0.15) is 0 Å². The smallest absolute Gasteiger partial charge is 0.318 e. The lowest BCUT2D eigenvalue weighted by Crippen LogP contribution is -2.58. The van der Waals surface area contributed by atoms with Crippen molar-refractivity contribution in [1.82, 2.24) is 4.48 Å². The first-order chi connectivity index (χ1) is 10.5. The van der Waals surface area contributed by atoms with Gasteiger partial charge in [-0.15, -0.1) is 4.48 Å². The lowest BCUT2D eigenvalue weighted by Gasteiger charge is -2.25. The number of hydrogen-bond acceptors (Lipinski definition) is 3. The molecular formula is C17H15N3O2+. The van der Waals surface area contributed by atoms with E-state index in [2.05, 4.69) is 4.99 Å². The van der Waals surface area contributed by atoms with E-state index in [4.69, 9.17) is 5.73 Å². The summed E-state index contributed by atoms with van der Waals surface area (Å²) in [6.07, 6.45) is 0. The van der Waals surface area contributed by atoms with Crippen LogP contribution < -0.4 is 10.2 Å². The average Bonchev–Trinajstić information content (AvgIpc) is 2.65. The van der Waals surface area contributed by atoms with Crippen LogP contribution in [0.15, 0.2) is 59.6 Å². The molecule has 0 saturated heterocycles. The van der Waals surface area contributed by atoms with E-state index in [-0.39, 0.29) is 0 Å². The maximum atomic E-state index is 12.4. The highest BCUT2D eigenvalue weighted by molar-refractivity contribution is 6.23. The molecule has 0 saturated carbocycles. The highest BCUT2D eigenvalue weighted by Gasteiger charge is 2.45. The summed E-state index contributed by atoms with van der Waals surface area (Å²) in [5, 5.41) is 0. The van der Waals surface area contributed by atoms with Gasteiger partial charge in [-0.1, -0.05) is 42.5 Å². The van der Waals surface area contributed by atoms with E-state index in [1.54, 1.807) is 12.1 Å². The minimum absolute atomic E-state index is 0.467. The number of urea groups is 1. The number of aliphatic imine (C=N–C) groups is 1. The predicted octanol–water partition coefficient (Wildman–Crippen LogP) is 2.24. The average molecular weight is 293 g/mol. The summed E-state index contributed by atoms with van der Waals surface area (Å²) in [5.74, 6) is -0.467. The molecule has 1 radical (unpaired) electrons. The fourth-order valence-electron chi connectivity index (χ4n) is 2.54. The molecule has 5 heteroatoms. The molecule has 109 valence electrons. The van der Waals surface area contributed by atoms with E-state index in [1.165, 1.54) is 13.6 Å². The van der Waals surface area contributed by atoms with Crippen LogP contribution in [-0.2, 0) is 4.79 Å². The number of para-hydroxylation sites is 1. The fraction of sp³-hybridized carbons (Fsp3) is 0.0588. The number of benzodiazepines with no additional fused rings is 1. The van der Waals surface area contributed by atoms with Gasteiger partial charge in [-0.05, 0) is 6.07 Å². The van der Waals surface area contributed by atoms with E-state index in [0.29, 0.717) is 11.4 Å². The van der Waals surface area contributed by atoms with Crippen molar-refractivity contribution in [2.24, 2.45) is 10.7 Å². The Hall–Kier alpha value is -2.79. The van der Waals surface area contributed by atoms with Crippen molar-refractivity contribution in [1.29, 1.82) is 0 Å². The first-order valence-corrected chi connectivity index (χ1v) is 6.82. The molecule has 1 unspecified atom stereocenters. The standard InChI is InChI=1S/C17H14N3O2/c1-20(17(18)22)14-10-6-5-9-13(14)16(19-11-15(20)21)12-7-3-2-4-8-12/h2-11H,1H3,(H-,18,22)/p+1. The molecule has 0 bridgehead atoms. The highest BCUT2D eigenvalue weighted by atomic mass is 16.2. The summed E-state index contributed by atoms with van der Waals surface area (Å²) in [6, 6.07) is 16.0. The monoisotopic (exact) mass is 293 g/mol. The van der Waals surface area contributed by atoms with Crippen molar-refractivity contribution in [3.05, 3.63) is 72.3 Å². The second-order valence-corrected chi connectivity index (χ2v) is 5.17. The molecule has 2 N–H and O–H groups in total. The van der Waals surface area contributed by atoms with Crippen molar-refractivity contribution in [3.8, 4) is 0 Å². The lowest BCUT2D eigenvalue weighted by atomic mass is 10.00. The number of nitrogens with two attached hydrogens (primary N) is 1. The Morgan fingerprint density at radius 3 is 2.36 bits per heavy atom. The Morgan fingerprint density at radius 1 is 1.05 bits per heavy atom. The van der Waals surface area contributed by atoms with E-state index in [0.717, 1.165) is 11.1 Å². The summed E-state index contributed by atoms with van der Waals surface area (Å²) in [6.45, 7) is 1.17. The van der Waals surface area contributed by atoms with Crippen molar-refractivity contribution in [3.63, 3.8) is 0 Å². The van der Waals surface area contributed by atoms with Gasteiger partial charge in [0.05, 0.1) is 18.3 Å². The number of fused-ring (bicyclic) bond motifs is 1. The first kappa shape index (κ1) is 14.2. The molecule has 0 aliphatic carbocycles. The minimum Gasteiger partial charge on any atom is -0.318 e. The molecule has 3 amide bonds. The van der Waals surface area contributed by atoms with Crippen molar-refractivity contribution >= 4 is 23.3 Å². The molecular weight excluding hydrogens is 278 g/mol. The Balaban J connectivity index is 2.28. The third kappa shape index (κ3) is 2.03. The zero-order valence-electron chi connectivity index (χ0n) is 12.1. The van der Waals surface area contributed by atoms with Gasteiger partial charge >= 0.3 is 11.9 Å². The van der Waals surface area contributed by atoms with Crippen LogP contribution in [0.4, 0.5) is 10.5 Å². The number of benzene rings is 2. The highest BCUT2D eigenvalue weighted by Crippen LogP contribution is 2.31. The molecule has 22 heavy (non-hydrogen) atoms. The Morgan fingerprint density at radius 2 is 1.68 bits per heavy atom. The second-order valence-electron chi connectivity index (χ2n) is 5.17. The summed E-state index contributed by atoms with van der Waals surface area (Å²) in [7, 11) is 1.49. The number of quaternary nitrogens is 1. The number of rotatable bonds is 1. The summed E-state index contributed by atoms with van der Waals surface area (Å²) < 4.78 is -0.629. The van der Waals surface area contributed by atoms with Crippen LogP contribution in [0.3, 0.4) is 0 Å². The third-order valence-corrected chi connectivity index (χ3v) is 3.87. The normalized spacial score (nSPS) is 20.8. The number of imide groups is 1. The van der Waals surface area contributed by atoms with E-state index >= 15 is 0 Å². The van der Waals surface area contributed by atoms with Gasteiger partial charge in [0.1, 0.15) is 0 Å². The lowest BCUT2D eigenvalue weighted by molar-refractivity contribution is -0.123. The van der Waals surface area contributed by atoms with Crippen LogP contribution in [0.5, 0.6) is 0 Å². The molecule has 2 aromatic carbocycles. The van der Waals surface area contributed by atoms with Crippen molar-refractivity contribution in [2.45, 2.75) is 0 Å². The minimum atomic E-state index is -0.738. The number of hydrogen-bond donors (Lipinski definition) is 1. The van der Waals surface area contributed by atoms with E-state index < -0.39 is 16.4 Å². The largest absolute Gasteiger partial charge is 0.426 e. The molecule has 1 heterocycles. The summed E-state index contributed by atoms with van der Waals surface area (Å²) >= 11 is 0. The van der Waals surface area contributed by atoms with E-state index in [9.17, 15) is 9.59 Å². The maximum absolute atomic E-state index is 12.4. The van der Waals surface area contributed by atoms with Gasteiger partial charge in [0.25, 0.3) is 0 Å². The zero-order chi connectivity index (χ0) is 15.7. The van der Waals surface area contributed by atoms with Crippen molar-refractivity contribution < 1.29 is 9.59 Å². The van der Waals surface area contributed by atoms with Crippen LogP contribution in [0.25, 0.3) is 0 Å². The van der Waals surface area contributed by atoms with Gasteiger partial charge in [-0.3, -0.25) is 4.99 Å². The molecule has 0 aromatic heterocycles. The molecule has 1 aliphatic rings. The first-order valence-electron chi connectivity index (χ1n) is 6.82. The Labute approximate surface area is 128 Å². The van der Waals surface area contributed by atoms with Crippen LogP contribution in [0.1, 0.15) is 11.1 Å². The number of amides is 3. The summed E-state index contributed by atoms with van der Waals surface area (Å²) in [5.41, 5.74) is 8.26. The topological polar surface area (TPSA) is 72.5 Å². The van der Waals surface area contributed by atoms with Crippen molar-refractivity contribution in [2.75, 3.05) is 7.05 Å². The third-order valence-electron chi connectivity index (χ3n) is 3.87. The molecule has 1 atom stereocenters. The number of carbonyl (C=O) groups is 2. The fourth-order valence-corrected chi connectivity index (χ4v) is 2.54. The quantitative estimate of drug-likeness (QED) is 0.819. The van der Waals surface area contributed by atoms with Crippen LogP contribution in [0, 0.1) is 6.54 Å².